The van der Waals surface area contributed by atoms with Gasteiger partial charge in [0.15, 0.2) is 0 Å². The van der Waals surface area contributed by atoms with Crippen LogP contribution in [0.15, 0.2) is 53.1 Å². The maximum absolute atomic E-state index is 10.9. The van der Waals surface area contributed by atoms with Crippen LogP contribution in [0.3, 0.4) is 0 Å². The average Bonchev–Trinajstić information content (AvgIpc) is 3.61. The second-order valence-corrected chi connectivity index (χ2v) is 9.24. The molecule has 2 unspecified atom stereocenters. The first kappa shape index (κ1) is 24.8. The van der Waals surface area contributed by atoms with Crippen LogP contribution >= 0.6 is 11.6 Å². The summed E-state index contributed by atoms with van der Waals surface area (Å²) >= 11 is 5.90. The zero-order chi connectivity index (χ0) is 24.8. The second-order valence-electron chi connectivity index (χ2n) is 8.85. The number of aldehydes is 1. The monoisotopic (exact) mass is 492 g/mol. The van der Waals surface area contributed by atoms with Gasteiger partial charge in [-0.25, -0.2) is 9.97 Å². The van der Waals surface area contributed by atoms with E-state index >= 15 is 0 Å². The third-order valence-corrected chi connectivity index (χ3v) is 6.17. The van der Waals surface area contributed by atoms with Crippen LogP contribution < -0.4 is 0 Å². The number of benzene rings is 1. The number of hydrogen-bond acceptors (Lipinski definition) is 7. The molecule has 0 bridgehead atoms. The van der Waals surface area contributed by atoms with E-state index in [9.17, 15) is 4.79 Å². The zero-order valence-corrected chi connectivity index (χ0v) is 20.9. The lowest BCUT2D eigenvalue weighted by Gasteiger charge is -2.16. The van der Waals surface area contributed by atoms with Crippen LogP contribution in [0.2, 0.25) is 5.15 Å². The summed E-state index contributed by atoms with van der Waals surface area (Å²) in [6.45, 7) is 5.27. The summed E-state index contributed by atoms with van der Waals surface area (Å²) in [4.78, 5) is 25.0. The number of hydrogen-bond donors (Lipinski definition) is 1. The molecule has 0 radical (unpaired) electrons. The molecule has 0 aliphatic carbocycles. The van der Waals surface area contributed by atoms with Gasteiger partial charge in [-0.05, 0) is 57.5 Å². The lowest BCUT2D eigenvalue weighted by molar-refractivity contribution is 0.112. The fraction of sp³-hybridized carbons (Fsp3) is 0.346. The average molecular weight is 493 g/mol. The minimum absolute atomic E-state index is 0.0726. The molecule has 1 N–H and O–H groups in total. The molecule has 0 spiro atoms. The lowest BCUT2D eigenvalue weighted by Crippen LogP contribution is -2.18. The summed E-state index contributed by atoms with van der Waals surface area (Å²) < 4.78 is 5.70. The molecule has 0 amide bonds. The molecule has 2 atom stereocenters. The number of halogens is 1. The van der Waals surface area contributed by atoms with Gasteiger partial charge in [-0.3, -0.25) is 9.69 Å². The number of aromatic nitrogens is 5. The number of imidazole rings is 1. The van der Waals surface area contributed by atoms with E-state index < -0.39 is 0 Å². The highest BCUT2D eigenvalue weighted by atomic mass is 35.5. The van der Waals surface area contributed by atoms with E-state index in [1.807, 2.05) is 38.2 Å². The van der Waals surface area contributed by atoms with Gasteiger partial charge in [0.05, 0.1) is 6.04 Å². The van der Waals surface area contributed by atoms with E-state index in [0.717, 1.165) is 17.9 Å². The Morgan fingerprint density at radius 2 is 2.06 bits per heavy atom. The molecule has 1 aliphatic rings. The van der Waals surface area contributed by atoms with Gasteiger partial charge >= 0.3 is 0 Å². The van der Waals surface area contributed by atoms with Crippen molar-refractivity contribution in [3.8, 4) is 11.6 Å². The Hall–Kier alpha value is -3.36. The quantitative estimate of drug-likeness (QED) is 0.283. The minimum Gasteiger partial charge on any atom is -0.419 e. The first-order chi connectivity index (χ1) is 16.9. The summed E-state index contributed by atoms with van der Waals surface area (Å²) in [6, 6.07) is 13.7. The Kier molecular flexibility index (Phi) is 8.05. The van der Waals surface area contributed by atoms with Crippen molar-refractivity contribution in [2.75, 3.05) is 13.6 Å². The highest BCUT2D eigenvalue weighted by Crippen LogP contribution is 2.28. The number of likely N-dealkylation sites (tertiary alicyclic amines) is 1. The van der Waals surface area contributed by atoms with Crippen molar-refractivity contribution in [1.29, 1.82) is 0 Å². The Balaban J connectivity index is 0.000000201. The first-order valence-corrected chi connectivity index (χ1v) is 12.0. The largest absolute Gasteiger partial charge is 0.419 e. The fourth-order valence-corrected chi connectivity index (χ4v) is 4.36. The Morgan fingerprint density at radius 1 is 1.26 bits per heavy atom. The molecule has 9 heteroatoms. The van der Waals surface area contributed by atoms with E-state index in [2.05, 4.69) is 49.2 Å². The summed E-state index contributed by atoms with van der Waals surface area (Å²) in [7, 11) is 2.16. The van der Waals surface area contributed by atoms with E-state index in [1.165, 1.54) is 31.0 Å². The highest BCUT2D eigenvalue weighted by Gasteiger charge is 2.24. The summed E-state index contributed by atoms with van der Waals surface area (Å²) in [5, 5.41) is 8.31. The summed E-state index contributed by atoms with van der Waals surface area (Å²) in [6.07, 6.45) is 5.93. The molecule has 0 saturated carbocycles. The Morgan fingerprint density at radius 3 is 2.71 bits per heavy atom. The van der Waals surface area contributed by atoms with Crippen LogP contribution in [0.1, 0.15) is 65.1 Å². The summed E-state index contributed by atoms with van der Waals surface area (Å²) in [5.74, 6) is 1.99. The van der Waals surface area contributed by atoms with Gasteiger partial charge in [0.2, 0.25) is 5.89 Å². The van der Waals surface area contributed by atoms with Gasteiger partial charge in [0, 0.05) is 23.4 Å². The minimum atomic E-state index is 0.0726. The van der Waals surface area contributed by atoms with Gasteiger partial charge < -0.3 is 9.40 Å². The van der Waals surface area contributed by atoms with E-state index in [4.69, 9.17) is 16.0 Å². The molecule has 35 heavy (non-hydrogen) atoms. The predicted octanol–water partition coefficient (Wildman–Crippen LogP) is 5.43. The van der Waals surface area contributed by atoms with Gasteiger partial charge in [-0.2, -0.15) is 0 Å². The van der Waals surface area contributed by atoms with Gasteiger partial charge in [0.25, 0.3) is 5.89 Å². The number of aromatic amines is 1. The fourth-order valence-electron chi connectivity index (χ4n) is 4.14. The van der Waals surface area contributed by atoms with Crippen LogP contribution in [0.25, 0.3) is 11.6 Å². The molecule has 1 aliphatic heterocycles. The number of carbonyl (C=O) groups is 1. The van der Waals surface area contributed by atoms with Crippen LogP contribution in [-0.2, 0) is 6.42 Å². The van der Waals surface area contributed by atoms with Gasteiger partial charge in [-0.15, -0.1) is 10.2 Å². The van der Waals surface area contributed by atoms with Crippen molar-refractivity contribution in [3.05, 3.63) is 82.4 Å². The second kappa shape index (κ2) is 11.4. The van der Waals surface area contributed by atoms with Gasteiger partial charge in [-0.1, -0.05) is 48.9 Å². The molecule has 4 heterocycles. The highest BCUT2D eigenvalue weighted by molar-refractivity contribution is 6.29. The van der Waals surface area contributed by atoms with Crippen molar-refractivity contribution in [3.63, 3.8) is 0 Å². The number of H-pyrrole nitrogens is 1. The zero-order valence-electron chi connectivity index (χ0n) is 20.1. The van der Waals surface area contributed by atoms with Crippen molar-refractivity contribution < 1.29 is 9.21 Å². The standard InChI is InChI=1S/C17H14ClN3O2.C9H15N3/c1-11(7-12-5-3-2-4-6-12)16-20-21-17(23-16)14-8-13(10-22)9-15(18)19-14;1-7-6-10-9(11-7)8-4-3-5-12(8)2/h2-6,8-11H,7H2,1H3;6,8H,3-5H2,1-2H3,(H,10,11). The molecule has 8 nitrogen and oxygen atoms in total. The normalized spacial score (nSPS) is 16.5. The molecule has 1 saturated heterocycles. The van der Waals surface area contributed by atoms with Crippen LogP contribution in [0.4, 0.5) is 0 Å². The van der Waals surface area contributed by atoms with Crippen LogP contribution in [0, 0.1) is 6.92 Å². The van der Waals surface area contributed by atoms with E-state index in [0.29, 0.717) is 29.5 Å². The molecule has 4 aromatic rings. The van der Waals surface area contributed by atoms with Crippen molar-refractivity contribution in [2.45, 2.75) is 45.1 Å². The number of pyridine rings is 1. The van der Waals surface area contributed by atoms with E-state index in [-0.39, 0.29) is 17.0 Å². The van der Waals surface area contributed by atoms with E-state index in [1.54, 1.807) is 6.07 Å². The number of aryl methyl sites for hydroxylation is 1. The van der Waals surface area contributed by atoms with Crippen LogP contribution in [0.5, 0.6) is 0 Å². The number of rotatable bonds is 6. The third kappa shape index (κ3) is 6.41. The number of nitrogens with one attached hydrogen (secondary N) is 1. The molecule has 1 fully saturated rings. The van der Waals surface area contributed by atoms with Crippen molar-refractivity contribution in [2.24, 2.45) is 0 Å². The maximum atomic E-state index is 10.9. The number of carbonyl (C=O) groups excluding carboxylic acids is 1. The molecule has 1 aromatic carbocycles. The SMILES string of the molecule is CC(Cc1ccccc1)c1nnc(-c2cc(C=O)cc(Cl)n2)o1.Cc1cnc(C2CCCN2C)[nH]1. The predicted molar refractivity (Wildman–Crippen MR) is 134 cm³/mol. The maximum Gasteiger partial charge on any atom is 0.266 e. The molecule has 182 valence electrons. The molecule has 3 aromatic heterocycles. The lowest BCUT2D eigenvalue weighted by atomic mass is 10.0. The van der Waals surface area contributed by atoms with Gasteiger partial charge in [0.1, 0.15) is 23.0 Å². The Bertz CT molecular complexity index is 1260. The topological polar surface area (TPSA) is 101 Å². The molecular formula is C26H29ClN6O2. The first-order valence-electron chi connectivity index (χ1n) is 11.6. The van der Waals surface area contributed by atoms with Crippen molar-refractivity contribution in [1.82, 2.24) is 30.0 Å². The molecular weight excluding hydrogens is 464 g/mol. The third-order valence-electron chi connectivity index (χ3n) is 5.98. The Labute approximate surface area is 209 Å². The number of nitrogens with zero attached hydrogens (tertiary/aromatic N) is 5. The van der Waals surface area contributed by atoms with Crippen molar-refractivity contribution >= 4 is 17.9 Å². The summed E-state index contributed by atoms with van der Waals surface area (Å²) in [5.41, 5.74) is 3.16. The smallest absolute Gasteiger partial charge is 0.266 e. The van der Waals surface area contributed by atoms with Crippen LogP contribution in [-0.4, -0.2) is 49.9 Å². The molecule has 5 rings (SSSR count).